The van der Waals surface area contributed by atoms with Gasteiger partial charge in [-0.25, -0.2) is 0 Å². The molecule has 0 heterocycles. The monoisotopic (exact) mass is 700 g/mol. The fourth-order valence-electron chi connectivity index (χ4n) is 4.51. The standard InChI is InChI=1S/C37H64O12/c1-2-3-4-5-6-7-8-11-34-14-16-35(17-15-34)48-32-30-46-28-26-44-24-22-42-20-18-41-19-21-43-23-25-45-27-29-47-31-33-49-37(40)13-10-9-12-36(38)39/h14-17H,2-13,18-33H2,1H3,(H,38,39). The van der Waals surface area contributed by atoms with E-state index in [2.05, 4.69) is 19.1 Å². The molecule has 0 saturated heterocycles. The molecule has 0 aliphatic carbocycles. The topological polar surface area (TPSA) is 137 Å². The van der Waals surface area contributed by atoms with Gasteiger partial charge in [0.25, 0.3) is 0 Å². The Morgan fingerprint density at radius 2 is 0.898 bits per heavy atom. The lowest BCUT2D eigenvalue weighted by Crippen LogP contribution is -2.15. The zero-order valence-corrected chi connectivity index (χ0v) is 30.0. The molecule has 1 N–H and O–H groups in total. The molecule has 0 atom stereocenters. The summed E-state index contributed by atoms with van der Waals surface area (Å²) in [6, 6.07) is 8.42. The van der Waals surface area contributed by atoms with E-state index in [1.807, 2.05) is 12.1 Å². The van der Waals surface area contributed by atoms with Crippen LogP contribution in [0.15, 0.2) is 24.3 Å². The molecule has 0 amide bonds. The highest BCUT2D eigenvalue weighted by molar-refractivity contribution is 5.69. The second-order valence-electron chi connectivity index (χ2n) is 11.5. The first-order valence-corrected chi connectivity index (χ1v) is 18.2. The number of carboxylic acid groups (broad SMARTS) is 1. The normalized spacial score (nSPS) is 11.2. The Balaban J connectivity index is 1.73. The largest absolute Gasteiger partial charge is 0.491 e. The maximum absolute atomic E-state index is 11.5. The number of carbonyl (C=O) groups is 2. The molecule has 12 heteroatoms. The number of ether oxygens (including phenoxy) is 9. The van der Waals surface area contributed by atoms with E-state index in [1.165, 1.54) is 50.5 Å². The van der Waals surface area contributed by atoms with Gasteiger partial charge in [0, 0.05) is 12.8 Å². The third kappa shape index (κ3) is 32.6. The van der Waals surface area contributed by atoms with E-state index in [0.29, 0.717) is 105 Å². The van der Waals surface area contributed by atoms with E-state index < -0.39 is 5.97 Å². The molecule has 1 aromatic carbocycles. The predicted octanol–water partition coefficient (Wildman–Crippen LogP) is 5.66. The van der Waals surface area contributed by atoms with E-state index >= 15 is 0 Å². The number of rotatable bonds is 38. The smallest absolute Gasteiger partial charge is 0.305 e. The molecule has 0 aromatic heterocycles. The average Bonchev–Trinajstić information content (AvgIpc) is 3.10. The SMILES string of the molecule is CCCCCCCCCc1ccc(OCCOCCOCCOCCOCCOCCOCCOCCOC(=O)CCCCC(=O)O)cc1. The van der Waals surface area contributed by atoms with Gasteiger partial charge < -0.3 is 47.7 Å². The minimum atomic E-state index is -0.860. The molecule has 0 fully saturated rings. The molecule has 12 nitrogen and oxygen atoms in total. The second-order valence-corrected chi connectivity index (χ2v) is 11.5. The number of carboxylic acids is 1. The summed E-state index contributed by atoms with van der Waals surface area (Å²) in [5.41, 5.74) is 1.37. The minimum Gasteiger partial charge on any atom is -0.491 e. The van der Waals surface area contributed by atoms with Gasteiger partial charge in [0.1, 0.15) is 19.0 Å². The van der Waals surface area contributed by atoms with Crippen molar-refractivity contribution in [2.75, 3.05) is 106 Å². The van der Waals surface area contributed by atoms with Gasteiger partial charge in [-0.15, -0.1) is 0 Å². The molecular formula is C37H64O12. The zero-order valence-electron chi connectivity index (χ0n) is 30.0. The van der Waals surface area contributed by atoms with Gasteiger partial charge in [0.2, 0.25) is 0 Å². The Labute approximate surface area is 294 Å². The fraction of sp³-hybridized carbons (Fsp3) is 0.784. The molecule has 0 aliphatic rings. The van der Waals surface area contributed by atoms with E-state index in [-0.39, 0.29) is 32.0 Å². The molecule has 0 unspecified atom stereocenters. The maximum atomic E-state index is 11.5. The zero-order chi connectivity index (χ0) is 35.3. The molecule has 0 radical (unpaired) electrons. The van der Waals surface area contributed by atoms with E-state index in [4.69, 9.17) is 47.7 Å². The van der Waals surface area contributed by atoms with Crippen LogP contribution < -0.4 is 4.74 Å². The van der Waals surface area contributed by atoms with E-state index in [9.17, 15) is 9.59 Å². The van der Waals surface area contributed by atoms with Crippen molar-refractivity contribution in [2.45, 2.75) is 84.0 Å². The van der Waals surface area contributed by atoms with E-state index in [0.717, 1.165) is 12.2 Å². The molecule has 49 heavy (non-hydrogen) atoms. The van der Waals surface area contributed by atoms with Crippen molar-refractivity contribution in [1.29, 1.82) is 0 Å². The molecule has 284 valence electrons. The predicted molar refractivity (Wildman–Crippen MR) is 186 cm³/mol. The Morgan fingerprint density at radius 3 is 1.37 bits per heavy atom. The van der Waals surface area contributed by atoms with Crippen molar-refractivity contribution in [3.63, 3.8) is 0 Å². The van der Waals surface area contributed by atoms with Crippen molar-refractivity contribution in [1.82, 2.24) is 0 Å². The highest BCUT2D eigenvalue weighted by Gasteiger charge is 2.04. The van der Waals surface area contributed by atoms with Crippen LogP contribution >= 0.6 is 0 Å². The highest BCUT2D eigenvalue weighted by atomic mass is 16.6. The van der Waals surface area contributed by atoms with Crippen molar-refractivity contribution >= 4 is 11.9 Å². The van der Waals surface area contributed by atoms with E-state index in [1.54, 1.807) is 0 Å². The fourth-order valence-corrected chi connectivity index (χ4v) is 4.51. The van der Waals surface area contributed by atoms with Gasteiger partial charge in [-0.3, -0.25) is 9.59 Å². The third-order valence-electron chi connectivity index (χ3n) is 7.23. The van der Waals surface area contributed by atoms with Gasteiger partial charge in [-0.2, -0.15) is 0 Å². The summed E-state index contributed by atoms with van der Waals surface area (Å²) >= 11 is 0. The number of hydrogen-bond donors (Lipinski definition) is 1. The van der Waals surface area contributed by atoms with Crippen molar-refractivity contribution in [3.05, 3.63) is 29.8 Å². The van der Waals surface area contributed by atoms with Crippen molar-refractivity contribution in [3.8, 4) is 5.75 Å². The van der Waals surface area contributed by atoms with Crippen LogP contribution in [0.5, 0.6) is 5.75 Å². The Hall–Kier alpha value is -2.32. The molecule has 0 aliphatic heterocycles. The quantitative estimate of drug-likeness (QED) is 0.0673. The highest BCUT2D eigenvalue weighted by Crippen LogP contribution is 2.15. The third-order valence-corrected chi connectivity index (χ3v) is 7.23. The lowest BCUT2D eigenvalue weighted by Gasteiger charge is -2.09. The summed E-state index contributed by atoms with van der Waals surface area (Å²) < 4.78 is 49.1. The summed E-state index contributed by atoms with van der Waals surface area (Å²) in [5.74, 6) is -0.325. The lowest BCUT2D eigenvalue weighted by atomic mass is 10.0. The summed E-state index contributed by atoms with van der Waals surface area (Å²) in [6.45, 7) is 9.43. The van der Waals surface area contributed by atoms with Gasteiger partial charge in [0.05, 0.1) is 92.5 Å². The molecular weight excluding hydrogens is 636 g/mol. The number of aliphatic carboxylic acids is 1. The Kier molecular flexibility index (Phi) is 32.4. The van der Waals surface area contributed by atoms with Crippen LogP contribution in [0.1, 0.15) is 83.1 Å². The van der Waals surface area contributed by atoms with Gasteiger partial charge in [-0.05, 0) is 43.4 Å². The first-order valence-electron chi connectivity index (χ1n) is 18.2. The summed E-state index contributed by atoms with van der Waals surface area (Å²) in [6.07, 6.45) is 11.7. The number of benzene rings is 1. The summed E-state index contributed by atoms with van der Waals surface area (Å²) in [7, 11) is 0. The van der Waals surface area contributed by atoms with Crippen LogP contribution in [0.4, 0.5) is 0 Å². The number of aryl methyl sites for hydroxylation is 1. The van der Waals surface area contributed by atoms with Crippen LogP contribution in [0.25, 0.3) is 0 Å². The first kappa shape index (κ1) is 44.7. The Morgan fingerprint density at radius 1 is 0.490 bits per heavy atom. The number of esters is 1. The Bertz CT molecular complexity index is 867. The summed E-state index contributed by atoms with van der Waals surface area (Å²) in [4.78, 5) is 21.9. The van der Waals surface area contributed by atoms with Crippen LogP contribution in [0.3, 0.4) is 0 Å². The number of carbonyl (C=O) groups excluding carboxylic acids is 1. The van der Waals surface area contributed by atoms with Gasteiger partial charge in [0.15, 0.2) is 0 Å². The molecule has 0 saturated carbocycles. The van der Waals surface area contributed by atoms with Crippen molar-refractivity contribution < 1.29 is 57.3 Å². The number of unbranched alkanes of at least 4 members (excludes halogenated alkanes) is 7. The maximum Gasteiger partial charge on any atom is 0.305 e. The lowest BCUT2D eigenvalue weighted by molar-refractivity contribution is -0.146. The van der Waals surface area contributed by atoms with Crippen LogP contribution in [-0.4, -0.2) is 123 Å². The van der Waals surface area contributed by atoms with Crippen LogP contribution in [-0.2, 0) is 53.9 Å². The molecule has 0 spiro atoms. The van der Waals surface area contributed by atoms with Crippen LogP contribution in [0.2, 0.25) is 0 Å². The van der Waals surface area contributed by atoms with Crippen molar-refractivity contribution in [2.24, 2.45) is 0 Å². The second kappa shape index (κ2) is 35.5. The number of hydrogen-bond acceptors (Lipinski definition) is 11. The summed E-state index contributed by atoms with van der Waals surface area (Å²) in [5, 5.41) is 8.56. The van der Waals surface area contributed by atoms with Gasteiger partial charge >= 0.3 is 11.9 Å². The molecule has 1 aromatic rings. The first-order chi connectivity index (χ1) is 24.1. The van der Waals surface area contributed by atoms with Gasteiger partial charge in [-0.1, -0.05) is 57.6 Å². The van der Waals surface area contributed by atoms with Crippen LogP contribution in [0, 0.1) is 0 Å². The molecule has 1 rings (SSSR count). The average molecular weight is 701 g/mol. The molecule has 0 bridgehead atoms. The minimum absolute atomic E-state index is 0.0631.